The van der Waals surface area contributed by atoms with E-state index in [9.17, 15) is 4.79 Å². The fourth-order valence-electron chi connectivity index (χ4n) is 4.71. The highest BCUT2D eigenvalue weighted by molar-refractivity contribution is 6.30. The second-order valence-corrected chi connectivity index (χ2v) is 9.15. The Morgan fingerprint density at radius 2 is 1.89 bits per heavy atom. The number of aryl methyl sites for hydroxylation is 2. The van der Waals surface area contributed by atoms with Gasteiger partial charge >= 0.3 is 0 Å². The number of halogens is 1. The van der Waals surface area contributed by atoms with Gasteiger partial charge in [-0.25, -0.2) is 0 Å². The van der Waals surface area contributed by atoms with Crippen molar-refractivity contribution < 1.29 is 28.3 Å². The minimum absolute atomic E-state index is 0.140. The normalized spacial score (nSPS) is 13.2. The van der Waals surface area contributed by atoms with Gasteiger partial charge in [0.05, 0.1) is 31.1 Å². The summed E-state index contributed by atoms with van der Waals surface area (Å²) in [6, 6.07) is 17.2. The summed E-state index contributed by atoms with van der Waals surface area (Å²) in [7, 11) is 1.62. The number of carbonyl (C=O) groups is 1. The first-order valence-electron chi connectivity index (χ1n) is 11.7. The van der Waals surface area contributed by atoms with Crippen LogP contribution < -0.4 is 28.8 Å². The van der Waals surface area contributed by atoms with Crippen LogP contribution in [0.3, 0.4) is 0 Å². The van der Waals surface area contributed by atoms with Crippen molar-refractivity contribution in [3.63, 3.8) is 0 Å². The number of nitrogens with one attached hydrogen (secondary N) is 1. The van der Waals surface area contributed by atoms with Crippen LogP contribution in [-0.4, -0.2) is 26.4 Å². The van der Waals surface area contributed by atoms with Crippen molar-refractivity contribution in [3.8, 4) is 34.3 Å². The molecule has 1 N–H and O–H groups in total. The van der Waals surface area contributed by atoms with E-state index in [1.54, 1.807) is 31.4 Å². The van der Waals surface area contributed by atoms with Crippen LogP contribution in [0.25, 0.3) is 22.0 Å². The van der Waals surface area contributed by atoms with Crippen LogP contribution in [0, 0.1) is 0 Å². The maximum absolute atomic E-state index is 12.4. The van der Waals surface area contributed by atoms with Gasteiger partial charge in [0, 0.05) is 23.2 Å². The Kier molecular flexibility index (Phi) is 5.77. The number of rotatable bonds is 6. The Hall–Kier alpha value is -3.97. The molecule has 0 spiro atoms. The molecule has 7 nitrogen and oxygen atoms in total. The highest BCUT2D eigenvalue weighted by Gasteiger charge is 2.28. The molecule has 0 atom stereocenters. The number of ether oxygens (including phenoxy) is 4. The molecule has 0 aliphatic carbocycles. The first-order valence-corrected chi connectivity index (χ1v) is 12.1. The number of nitrogens with zero attached hydrogens (tertiary/aromatic N) is 1. The van der Waals surface area contributed by atoms with Gasteiger partial charge in [0.25, 0.3) is 0 Å². The zero-order valence-corrected chi connectivity index (χ0v) is 20.4. The smallest absolute Gasteiger partial charge is 0.231 e. The van der Waals surface area contributed by atoms with Crippen LogP contribution in [0.15, 0.2) is 60.8 Å². The van der Waals surface area contributed by atoms with Gasteiger partial charge in [-0.1, -0.05) is 11.6 Å². The highest BCUT2D eigenvalue weighted by atomic mass is 35.5. The summed E-state index contributed by atoms with van der Waals surface area (Å²) in [5.41, 5.74) is 4.19. The number of anilines is 1. The zero-order valence-electron chi connectivity index (χ0n) is 19.7. The number of carbonyl (C=O) groups excluding carboxylic acids is 1. The molecule has 0 unspecified atom stereocenters. The highest BCUT2D eigenvalue weighted by Crippen LogP contribution is 2.41. The average molecular weight is 504 g/mol. The monoisotopic (exact) mass is 503 g/mol. The van der Waals surface area contributed by atoms with Crippen molar-refractivity contribution in [2.24, 2.45) is 0 Å². The van der Waals surface area contributed by atoms with Crippen molar-refractivity contribution in [3.05, 3.63) is 71.4 Å². The standard InChI is InChI=1S/C28H23ClN2O5/c1-33-24-7-2-17-12-23-21-14-26-25(35-16-36-26)13-18(21)8-10-31(23)15-22(17)28(24)34-11-9-27(32)30-20-5-3-19(29)4-6-20/h2-7,12-15H,8-11,16H2,1H3/p+1. The van der Waals surface area contributed by atoms with E-state index in [1.807, 2.05) is 12.1 Å². The summed E-state index contributed by atoms with van der Waals surface area (Å²) in [6.45, 7) is 1.30. The molecular weight excluding hydrogens is 480 g/mol. The van der Waals surface area contributed by atoms with Crippen LogP contribution in [0.4, 0.5) is 5.69 Å². The van der Waals surface area contributed by atoms with E-state index in [2.05, 4.69) is 34.3 Å². The van der Waals surface area contributed by atoms with E-state index >= 15 is 0 Å². The van der Waals surface area contributed by atoms with Crippen LogP contribution >= 0.6 is 11.6 Å². The van der Waals surface area contributed by atoms with Gasteiger partial charge in [-0.15, -0.1) is 0 Å². The van der Waals surface area contributed by atoms with Crippen LogP contribution in [0.5, 0.6) is 23.0 Å². The quantitative estimate of drug-likeness (QED) is 0.369. The zero-order chi connectivity index (χ0) is 24.6. The third-order valence-corrected chi connectivity index (χ3v) is 6.75. The summed E-state index contributed by atoms with van der Waals surface area (Å²) in [4.78, 5) is 12.4. The number of amides is 1. The van der Waals surface area contributed by atoms with E-state index in [0.29, 0.717) is 22.2 Å². The summed E-state index contributed by atoms with van der Waals surface area (Å²) >= 11 is 5.91. The predicted molar refractivity (Wildman–Crippen MR) is 136 cm³/mol. The van der Waals surface area contributed by atoms with Crippen molar-refractivity contribution >= 4 is 34.0 Å². The molecule has 0 radical (unpaired) electrons. The molecule has 4 aromatic rings. The molecule has 8 heteroatoms. The first kappa shape index (κ1) is 22.5. The molecule has 3 heterocycles. The maximum Gasteiger partial charge on any atom is 0.231 e. The first-order chi connectivity index (χ1) is 17.6. The van der Waals surface area contributed by atoms with Gasteiger partial charge in [-0.3, -0.25) is 4.79 Å². The van der Waals surface area contributed by atoms with Gasteiger partial charge in [-0.2, -0.15) is 4.57 Å². The molecule has 6 rings (SSSR count). The van der Waals surface area contributed by atoms with Crippen molar-refractivity contribution in [1.82, 2.24) is 0 Å². The van der Waals surface area contributed by atoms with E-state index < -0.39 is 0 Å². The third kappa shape index (κ3) is 4.16. The minimum atomic E-state index is -0.140. The third-order valence-electron chi connectivity index (χ3n) is 6.50. The van der Waals surface area contributed by atoms with Gasteiger partial charge in [-0.05, 0) is 59.5 Å². The SMILES string of the molecule is COc1ccc2cc3[n+](cc2c1OCCC(=O)Nc1ccc(Cl)cc1)CCc1cc2c(cc1-3)OCO2. The molecule has 0 saturated carbocycles. The molecule has 0 fully saturated rings. The minimum Gasteiger partial charge on any atom is -0.493 e. The van der Waals surface area contributed by atoms with Gasteiger partial charge < -0.3 is 24.3 Å². The Morgan fingerprint density at radius 1 is 1.08 bits per heavy atom. The van der Waals surface area contributed by atoms with E-state index in [0.717, 1.165) is 46.5 Å². The number of methoxy groups -OCH3 is 1. The predicted octanol–water partition coefficient (Wildman–Crippen LogP) is 5.15. The molecule has 36 heavy (non-hydrogen) atoms. The Bertz CT molecular complexity index is 1490. The summed E-state index contributed by atoms with van der Waals surface area (Å²) in [5, 5.41) is 5.43. The Morgan fingerprint density at radius 3 is 2.69 bits per heavy atom. The molecule has 2 aliphatic heterocycles. The number of fused-ring (bicyclic) bond motifs is 5. The van der Waals surface area contributed by atoms with Gasteiger partial charge in [0.1, 0.15) is 0 Å². The maximum atomic E-state index is 12.4. The van der Waals surface area contributed by atoms with Gasteiger partial charge in [0.15, 0.2) is 35.7 Å². The molecule has 0 saturated heterocycles. The lowest BCUT2D eigenvalue weighted by Gasteiger charge is -2.18. The summed E-state index contributed by atoms with van der Waals surface area (Å²) < 4.78 is 25.1. The van der Waals surface area contributed by atoms with Crippen molar-refractivity contribution in [2.45, 2.75) is 19.4 Å². The number of aromatic nitrogens is 1. The van der Waals surface area contributed by atoms with E-state index in [1.165, 1.54) is 5.56 Å². The number of benzene rings is 3. The van der Waals surface area contributed by atoms with Crippen LogP contribution in [0.2, 0.25) is 5.02 Å². The lowest BCUT2D eigenvalue weighted by Crippen LogP contribution is -2.40. The number of hydrogen-bond acceptors (Lipinski definition) is 5. The lowest BCUT2D eigenvalue weighted by atomic mass is 9.95. The second-order valence-electron chi connectivity index (χ2n) is 8.72. The molecule has 1 aromatic heterocycles. The van der Waals surface area contributed by atoms with Crippen molar-refractivity contribution in [1.29, 1.82) is 0 Å². The molecule has 3 aromatic carbocycles. The topological polar surface area (TPSA) is 69.9 Å². The average Bonchev–Trinajstić information content (AvgIpc) is 3.35. The second kappa shape index (κ2) is 9.24. The lowest BCUT2D eigenvalue weighted by molar-refractivity contribution is -0.686. The van der Waals surface area contributed by atoms with Gasteiger partial charge in [0.2, 0.25) is 18.4 Å². The number of pyridine rings is 1. The molecular formula is C28H24ClN2O5+. The molecule has 2 aliphatic rings. The van der Waals surface area contributed by atoms with E-state index in [4.69, 9.17) is 30.5 Å². The Labute approximate surface area is 213 Å². The largest absolute Gasteiger partial charge is 0.493 e. The van der Waals surface area contributed by atoms with E-state index in [-0.39, 0.29) is 25.7 Å². The summed E-state index contributed by atoms with van der Waals surface area (Å²) in [5.74, 6) is 2.70. The van der Waals surface area contributed by atoms with Crippen LogP contribution in [0.1, 0.15) is 12.0 Å². The fourth-order valence-corrected chi connectivity index (χ4v) is 4.84. The molecule has 182 valence electrons. The summed E-state index contributed by atoms with van der Waals surface area (Å²) in [6.07, 6.45) is 3.19. The van der Waals surface area contributed by atoms with Crippen LogP contribution in [-0.2, 0) is 17.8 Å². The molecule has 0 bridgehead atoms. The van der Waals surface area contributed by atoms with Crippen molar-refractivity contribution in [2.75, 3.05) is 25.8 Å². The number of hydrogen-bond donors (Lipinski definition) is 1. The fraction of sp³-hybridized carbons (Fsp3) is 0.214. The molecule has 1 amide bonds. The Balaban J connectivity index is 1.26.